The Hall–Kier alpha value is -0.180. The highest BCUT2D eigenvalue weighted by Gasteiger charge is 2.38. The minimum atomic E-state index is -3.36. The van der Waals surface area contributed by atoms with Gasteiger partial charge in [-0.3, -0.25) is 0 Å². The SMILES string of the molecule is CCNC1CCCN(S(=O)(=O)C2CCS(=O)(=O)CC2)C1. The Labute approximate surface area is 121 Å². The van der Waals surface area contributed by atoms with Crippen LogP contribution in [0, 0.1) is 0 Å². The van der Waals surface area contributed by atoms with E-state index >= 15 is 0 Å². The molecule has 0 bridgehead atoms. The van der Waals surface area contributed by atoms with E-state index in [1.165, 1.54) is 0 Å². The third-order valence-corrected chi connectivity index (χ3v) is 8.24. The summed E-state index contributed by atoms with van der Waals surface area (Å²) in [6.07, 6.45) is 2.35. The lowest BCUT2D eigenvalue weighted by Gasteiger charge is -2.35. The predicted octanol–water partition coefficient (Wildman–Crippen LogP) is -0.0327. The Morgan fingerprint density at radius 3 is 2.45 bits per heavy atom. The van der Waals surface area contributed by atoms with Gasteiger partial charge in [-0.25, -0.2) is 21.1 Å². The summed E-state index contributed by atoms with van der Waals surface area (Å²) in [7, 11) is -6.38. The smallest absolute Gasteiger partial charge is 0.217 e. The van der Waals surface area contributed by atoms with E-state index in [4.69, 9.17) is 0 Å². The van der Waals surface area contributed by atoms with E-state index in [1.54, 1.807) is 4.31 Å². The van der Waals surface area contributed by atoms with Gasteiger partial charge in [0.1, 0.15) is 9.84 Å². The van der Waals surface area contributed by atoms with Crippen molar-refractivity contribution in [3.8, 4) is 0 Å². The van der Waals surface area contributed by atoms with Crippen molar-refractivity contribution in [2.45, 2.75) is 43.9 Å². The Bertz CT molecular complexity index is 514. The second-order valence-electron chi connectivity index (χ2n) is 5.65. The van der Waals surface area contributed by atoms with Gasteiger partial charge in [0.15, 0.2) is 0 Å². The third kappa shape index (κ3) is 3.72. The minimum Gasteiger partial charge on any atom is -0.313 e. The van der Waals surface area contributed by atoms with Crippen LogP contribution in [0.1, 0.15) is 32.6 Å². The topological polar surface area (TPSA) is 83.6 Å². The molecular weight excluding hydrogens is 300 g/mol. The van der Waals surface area contributed by atoms with Gasteiger partial charge >= 0.3 is 0 Å². The highest BCUT2D eigenvalue weighted by Crippen LogP contribution is 2.25. The number of sulfone groups is 1. The molecule has 0 spiro atoms. The van der Waals surface area contributed by atoms with Crippen LogP contribution in [0.4, 0.5) is 0 Å². The fourth-order valence-corrected chi connectivity index (χ4v) is 6.82. The number of rotatable bonds is 4. The van der Waals surface area contributed by atoms with Crippen LogP contribution in [0.15, 0.2) is 0 Å². The number of sulfonamides is 1. The van der Waals surface area contributed by atoms with Crippen LogP contribution in [0.5, 0.6) is 0 Å². The van der Waals surface area contributed by atoms with Gasteiger partial charge in [-0.2, -0.15) is 0 Å². The molecule has 2 aliphatic rings. The molecule has 2 aliphatic heterocycles. The zero-order chi connectivity index (χ0) is 14.8. The zero-order valence-corrected chi connectivity index (χ0v) is 13.5. The van der Waals surface area contributed by atoms with E-state index in [-0.39, 0.29) is 30.4 Å². The molecular formula is C12H24N2O4S2. The maximum absolute atomic E-state index is 12.6. The first-order valence-electron chi connectivity index (χ1n) is 7.28. The largest absolute Gasteiger partial charge is 0.313 e. The molecule has 8 heteroatoms. The molecule has 1 atom stereocenters. The van der Waals surface area contributed by atoms with E-state index in [1.807, 2.05) is 6.92 Å². The van der Waals surface area contributed by atoms with Crippen LogP contribution in [-0.2, 0) is 19.9 Å². The van der Waals surface area contributed by atoms with Gasteiger partial charge in [0.25, 0.3) is 0 Å². The van der Waals surface area contributed by atoms with Gasteiger partial charge in [-0.1, -0.05) is 6.92 Å². The highest BCUT2D eigenvalue weighted by molar-refractivity contribution is 7.92. The van der Waals surface area contributed by atoms with E-state index in [9.17, 15) is 16.8 Å². The number of nitrogens with one attached hydrogen (secondary N) is 1. The summed E-state index contributed by atoms with van der Waals surface area (Å²) in [5.74, 6) is 0.00273. The lowest BCUT2D eigenvalue weighted by molar-refractivity contribution is 0.283. The molecule has 2 fully saturated rings. The Kier molecular flexibility index (Phi) is 5.09. The van der Waals surface area contributed by atoms with Crippen molar-refractivity contribution in [2.75, 3.05) is 31.1 Å². The van der Waals surface area contributed by atoms with Crippen molar-refractivity contribution in [2.24, 2.45) is 0 Å². The molecule has 0 saturated carbocycles. The number of piperidine rings is 1. The average Bonchev–Trinajstić information content (AvgIpc) is 2.39. The monoisotopic (exact) mass is 324 g/mol. The molecule has 6 nitrogen and oxygen atoms in total. The summed E-state index contributed by atoms with van der Waals surface area (Å²) in [6.45, 7) is 3.92. The summed E-state index contributed by atoms with van der Waals surface area (Å²) >= 11 is 0. The van der Waals surface area contributed by atoms with Crippen LogP contribution >= 0.6 is 0 Å². The maximum Gasteiger partial charge on any atom is 0.217 e. The normalized spacial score (nSPS) is 29.4. The summed E-state index contributed by atoms with van der Waals surface area (Å²) in [5, 5.41) is 2.78. The first-order valence-corrected chi connectivity index (χ1v) is 10.6. The van der Waals surface area contributed by atoms with Gasteiger partial charge in [0.2, 0.25) is 10.0 Å². The molecule has 0 amide bonds. The van der Waals surface area contributed by atoms with Crippen LogP contribution in [0.25, 0.3) is 0 Å². The Morgan fingerprint density at radius 2 is 1.85 bits per heavy atom. The molecule has 1 N–H and O–H groups in total. The Balaban J connectivity index is 2.03. The first kappa shape index (κ1) is 16.2. The van der Waals surface area contributed by atoms with Crippen LogP contribution in [-0.4, -0.2) is 63.6 Å². The number of hydrogen-bond donors (Lipinski definition) is 1. The van der Waals surface area contributed by atoms with E-state index in [0.29, 0.717) is 13.1 Å². The fourth-order valence-electron chi connectivity index (χ4n) is 3.01. The number of hydrogen-bond acceptors (Lipinski definition) is 5. The highest BCUT2D eigenvalue weighted by atomic mass is 32.2. The van der Waals surface area contributed by atoms with Crippen LogP contribution in [0.2, 0.25) is 0 Å². The second-order valence-corrected chi connectivity index (χ2v) is 10.2. The summed E-state index contributed by atoms with van der Waals surface area (Å²) in [4.78, 5) is 0. The lowest BCUT2D eigenvalue weighted by Crippen LogP contribution is -2.51. The van der Waals surface area contributed by atoms with Gasteiger partial charge in [0, 0.05) is 19.1 Å². The molecule has 2 heterocycles. The summed E-state index contributed by atoms with van der Waals surface area (Å²) in [6, 6.07) is 0.218. The number of nitrogens with zero attached hydrogens (tertiary/aromatic N) is 1. The molecule has 0 aliphatic carbocycles. The van der Waals surface area contributed by atoms with Gasteiger partial charge in [0.05, 0.1) is 16.8 Å². The van der Waals surface area contributed by atoms with Crippen molar-refractivity contribution in [1.29, 1.82) is 0 Å². The van der Waals surface area contributed by atoms with Crippen LogP contribution < -0.4 is 5.32 Å². The van der Waals surface area contributed by atoms with Crippen molar-refractivity contribution in [3.05, 3.63) is 0 Å². The van der Waals surface area contributed by atoms with Gasteiger partial charge in [-0.05, 0) is 32.2 Å². The Morgan fingerprint density at radius 1 is 1.20 bits per heavy atom. The molecule has 2 saturated heterocycles. The van der Waals surface area contributed by atoms with E-state index in [0.717, 1.165) is 19.4 Å². The summed E-state index contributed by atoms with van der Waals surface area (Å²) in [5.41, 5.74) is 0. The molecule has 118 valence electrons. The summed E-state index contributed by atoms with van der Waals surface area (Å²) < 4.78 is 49.6. The molecule has 2 rings (SSSR count). The number of likely N-dealkylation sites (N-methyl/N-ethyl adjacent to an activating group) is 1. The van der Waals surface area contributed by atoms with Gasteiger partial charge in [-0.15, -0.1) is 0 Å². The van der Waals surface area contributed by atoms with Crippen molar-refractivity contribution < 1.29 is 16.8 Å². The first-order chi connectivity index (χ1) is 9.35. The predicted molar refractivity (Wildman–Crippen MR) is 78.9 cm³/mol. The van der Waals surface area contributed by atoms with Gasteiger partial charge < -0.3 is 5.32 Å². The molecule has 1 unspecified atom stereocenters. The molecule has 0 aromatic carbocycles. The van der Waals surface area contributed by atoms with E-state index in [2.05, 4.69) is 5.32 Å². The van der Waals surface area contributed by atoms with Crippen molar-refractivity contribution in [1.82, 2.24) is 9.62 Å². The second kappa shape index (κ2) is 6.29. The van der Waals surface area contributed by atoms with Crippen molar-refractivity contribution in [3.63, 3.8) is 0 Å². The molecule has 20 heavy (non-hydrogen) atoms. The average molecular weight is 324 g/mol. The van der Waals surface area contributed by atoms with Crippen molar-refractivity contribution >= 4 is 19.9 Å². The third-order valence-electron chi connectivity index (χ3n) is 4.16. The van der Waals surface area contributed by atoms with E-state index < -0.39 is 25.1 Å². The standard InChI is InChI=1S/C12H24N2O4S2/c1-2-13-11-4-3-7-14(10-11)20(17,18)12-5-8-19(15,16)9-6-12/h11-13H,2-10H2,1H3. The molecule has 0 aromatic rings. The zero-order valence-electron chi connectivity index (χ0n) is 11.9. The minimum absolute atomic E-state index is 0.00136. The lowest BCUT2D eigenvalue weighted by atomic mass is 10.1. The molecule has 0 radical (unpaired) electrons. The van der Waals surface area contributed by atoms with Crippen LogP contribution in [0.3, 0.4) is 0 Å². The molecule has 0 aromatic heterocycles. The quantitative estimate of drug-likeness (QED) is 0.785. The fraction of sp³-hybridized carbons (Fsp3) is 1.00. The maximum atomic E-state index is 12.6.